The molecule has 0 aromatic heterocycles. The SMILES string of the molecule is C=CC(=O)OCC(COC(=O)C=C)(COC(=O)CCN(CC)CCNC(=O)C(=O)Nc1c(C)cc(C)c(C(=O)P(=O)(c2ccccc2)c2ccccc2)c1C)COC(=O)CCN(CC)CCNC(=O)C(=O)Nc1c(C)cc(C)c(C(=O)P(=O)(c2ccccc2)c2ccccc2)c1C. The predicted octanol–water partition coefficient (Wildman–Crippen LogP) is 7.61. The minimum atomic E-state index is -3.93. The van der Waals surface area contributed by atoms with Crippen molar-refractivity contribution in [3.8, 4) is 0 Å². The second-order valence-electron chi connectivity index (χ2n) is 23.2. The first-order valence-electron chi connectivity index (χ1n) is 31.6. The second-order valence-corrected chi connectivity index (χ2v) is 28.5. The Hall–Kier alpha value is -9.72. The largest absolute Gasteiger partial charge is 0.465 e. The maximum Gasteiger partial charge on any atom is 0.330 e. The van der Waals surface area contributed by atoms with Crippen molar-refractivity contribution < 1.29 is 76.0 Å². The molecular weight excluding hydrogens is 1280 g/mol. The molecule has 0 aliphatic carbocycles. The number of amides is 4. The molecule has 0 bridgehead atoms. The quantitative estimate of drug-likeness (QED) is 0.00993. The van der Waals surface area contributed by atoms with Crippen LogP contribution in [0.3, 0.4) is 0 Å². The monoisotopic (exact) mass is 1360 g/mol. The summed E-state index contributed by atoms with van der Waals surface area (Å²) in [6.45, 7) is 19.7. The van der Waals surface area contributed by atoms with Gasteiger partial charge in [-0.15, -0.1) is 0 Å². The summed E-state index contributed by atoms with van der Waals surface area (Å²) >= 11 is 0. The van der Waals surface area contributed by atoms with Crippen molar-refractivity contribution in [2.24, 2.45) is 5.41 Å². The number of esters is 4. The van der Waals surface area contributed by atoms with Crippen LogP contribution in [0.25, 0.3) is 0 Å². The van der Waals surface area contributed by atoms with Crippen LogP contribution in [0.4, 0.5) is 11.4 Å². The fourth-order valence-electron chi connectivity index (χ4n) is 11.0. The van der Waals surface area contributed by atoms with Crippen molar-refractivity contribution in [3.63, 3.8) is 0 Å². The third kappa shape index (κ3) is 19.7. The second kappa shape index (κ2) is 35.9. The highest BCUT2D eigenvalue weighted by Gasteiger charge is 2.41. The zero-order valence-corrected chi connectivity index (χ0v) is 57.8. The molecule has 0 saturated heterocycles. The topological polar surface area (TPSA) is 296 Å². The lowest BCUT2D eigenvalue weighted by atomic mass is 9.92. The van der Waals surface area contributed by atoms with Gasteiger partial charge in [0.1, 0.15) is 31.8 Å². The number of ether oxygens (including phenoxy) is 4. The number of anilines is 2. The summed E-state index contributed by atoms with van der Waals surface area (Å²) in [5, 5.41) is 11.9. The Kier molecular flexibility index (Phi) is 28.2. The molecule has 4 N–H and O–H groups in total. The molecule has 4 amide bonds. The van der Waals surface area contributed by atoms with Crippen molar-refractivity contribution in [2.75, 3.05) is 89.4 Å². The number of carbonyl (C=O) groups is 10. The van der Waals surface area contributed by atoms with Gasteiger partial charge in [-0.05, 0) is 88.0 Å². The van der Waals surface area contributed by atoms with Crippen molar-refractivity contribution in [2.45, 2.75) is 68.2 Å². The van der Waals surface area contributed by atoms with Crippen LogP contribution < -0.4 is 42.5 Å². The zero-order valence-electron chi connectivity index (χ0n) is 56.0. The standard InChI is InChI=1S/C73H84N6O16P2/c1-11-59(80)92-45-73(46-93-60(81)12-2,47-94-61(82)35-39-78(13-3)41-37-74-67(84)69(86)76-65-51(7)43-49(5)63(53(65)9)71(88)96(90,55-27-19-15-20-28-55)56-29-21-16-22-30-56)48-95-62(83)36-40-79(14-4)42-38-75-68(85)70(87)77-66-52(8)44-50(6)64(54(66)10)72(89)97(91,57-31-23-17-24-32-57)58-33-25-18-26-34-58/h11-12,15-34,43-44H,1-2,13-14,35-42,45-48H2,3-10H3,(H,74,84)(H,75,85)(H,76,86)(H,77,87). The average molecular weight is 1360 g/mol. The predicted molar refractivity (Wildman–Crippen MR) is 373 cm³/mol. The van der Waals surface area contributed by atoms with Gasteiger partial charge in [-0.3, -0.25) is 38.4 Å². The van der Waals surface area contributed by atoms with Gasteiger partial charge in [0, 0.05) is 95.1 Å². The van der Waals surface area contributed by atoms with E-state index in [4.69, 9.17) is 18.9 Å². The van der Waals surface area contributed by atoms with E-state index >= 15 is 9.13 Å². The smallest absolute Gasteiger partial charge is 0.330 e. The number of likely N-dealkylation sites (N-methyl/N-ethyl adjacent to an activating group) is 2. The van der Waals surface area contributed by atoms with Crippen LogP contribution in [-0.2, 0) is 66.4 Å². The van der Waals surface area contributed by atoms with Crippen LogP contribution >= 0.6 is 14.3 Å². The third-order valence-corrected chi connectivity index (χ3v) is 22.0. The molecule has 0 aliphatic heterocycles. The molecule has 0 radical (unpaired) electrons. The average Bonchev–Trinajstić information content (AvgIpc) is 0.757. The van der Waals surface area contributed by atoms with Crippen molar-refractivity contribution in [1.82, 2.24) is 20.4 Å². The molecule has 22 nitrogen and oxygen atoms in total. The maximum atomic E-state index is 15.0. The zero-order chi connectivity index (χ0) is 71.0. The fourth-order valence-corrected chi connectivity index (χ4v) is 16.2. The minimum Gasteiger partial charge on any atom is -0.465 e. The number of hydrogen-bond acceptors (Lipinski definition) is 18. The van der Waals surface area contributed by atoms with E-state index in [-0.39, 0.29) is 74.6 Å². The molecular formula is C73H84N6O16P2. The lowest BCUT2D eigenvalue weighted by molar-refractivity contribution is -0.168. The summed E-state index contributed by atoms with van der Waals surface area (Å²) < 4.78 is 52.1. The Bertz CT molecular complexity index is 3650. The Morgan fingerprint density at radius 3 is 1.02 bits per heavy atom. The van der Waals surface area contributed by atoms with E-state index < -0.39 is 105 Å². The molecule has 6 aromatic rings. The number of aryl methyl sites for hydroxylation is 4. The Labute approximate surface area is 565 Å². The van der Waals surface area contributed by atoms with E-state index in [0.29, 0.717) is 67.7 Å². The van der Waals surface area contributed by atoms with Crippen molar-refractivity contribution in [3.05, 3.63) is 203 Å². The number of rotatable bonds is 34. The van der Waals surface area contributed by atoms with E-state index in [1.807, 2.05) is 13.8 Å². The van der Waals surface area contributed by atoms with Gasteiger partial charge in [0.05, 0.1) is 12.8 Å². The minimum absolute atomic E-state index is 0.0211. The van der Waals surface area contributed by atoms with Crippen LogP contribution in [0.5, 0.6) is 0 Å². The molecule has 0 unspecified atom stereocenters. The van der Waals surface area contributed by atoms with Crippen LogP contribution in [0.15, 0.2) is 159 Å². The van der Waals surface area contributed by atoms with Gasteiger partial charge in [0.2, 0.25) is 25.3 Å². The van der Waals surface area contributed by atoms with E-state index in [9.17, 15) is 47.9 Å². The molecule has 0 atom stereocenters. The molecule has 6 aromatic carbocycles. The summed E-state index contributed by atoms with van der Waals surface area (Å²) in [7, 11) is -7.86. The van der Waals surface area contributed by atoms with Gasteiger partial charge in [-0.2, -0.15) is 0 Å². The van der Waals surface area contributed by atoms with Gasteiger partial charge in [-0.25, -0.2) is 9.59 Å². The molecule has 24 heteroatoms. The lowest BCUT2D eigenvalue weighted by Gasteiger charge is -2.31. The maximum absolute atomic E-state index is 15.0. The molecule has 0 aliphatic rings. The molecule has 0 heterocycles. The Balaban J connectivity index is 1.01. The number of nitrogens with zero attached hydrogens (tertiary/aromatic N) is 2. The molecule has 6 rings (SSSR count). The summed E-state index contributed by atoms with van der Waals surface area (Å²) in [5.41, 5.74) is 0.775. The van der Waals surface area contributed by atoms with Crippen LogP contribution in [0, 0.1) is 47.0 Å². The Morgan fingerprint density at radius 2 is 0.732 bits per heavy atom. The van der Waals surface area contributed by atoms with E-state index in [2.05, 4.69) is 34.4 Å². The normalized spacial score (nSPS) is 11.4. The highest BCUT2D eigenvalue weighted by molar-refractivity contribution is 7.94. The first-order valence-corrected chi connectivity index (χ1v) is 35.0. The summed E-state index contributed by atoms with van der Waals surface area (Å²) in [6, 6.07) is 37.3. The summed E-state index contributed by atoms with van der Waals surface area (Å²) in [6.07, 6.45) is 1.37. The van der Waals surface area contributed by atoms with Crippen LogP contribution in [0.2, 0.25) is 0 Å². The summed E-state index contributed by atoms with van der Waals surface area (Å²) in [4.78, 5) is 138. The fraction of sp³-hybridized carbons (Fsp3) is 0.315. The lowest BCUT2D eigenvalue weighted by Crippen LogP contribution is -2.44. The molecule has 512 valence electrons. The molecule has 0 spiro atoms. The highest BCUT2D eigenvalue weighted by Crippen LogP contribution is 2.50. The third-order valence-electron chi connectivity index (χ3n) is 16.4. The van der Waals surface area contributed by atoms with Gasteiger partial charge >= 0.3 is 47.5 Å². The summed E-state index contributed by atoms with van der Waals surface area (Å²) in [5.74, 6) is -7.21. The van der Waals surface area contributed by atoms with Crippen molar-refractivity contribution in [1.29, 1.82) is 0 Å². The number of hydrogen-bond donors (Lipinski definition) is 4. The van der Waals surface area contributed by atoms with Gasteiger partial charge < -0.3 is 59.1 Å². The molecule has 97 heavy (non-hydrogen) atoms. The highest BCUT2D eigenvalue weighted by atomic mass is 31.2. The van der Waals surface area contributed by atoms with Crippen LogP contribution in [-0.4, -0.2) is 147 Å². The number of nitrogens with one attached hydrogen (secondary N) is 4. The van der Waals surface area contributed by atoms with Gasteiger partial charge in [0.25, 0.3) is 0 Å². The van der Waals surface area contributed by atoms with Gasteiger partial charge in [-0.1, -0.05) is 160 Å². The van der Waals surface area contributed by atoms with E-state index in [0.717, 1.165) is 12.2 Å². The van der Waals surface area contributed by atoms with Gasteiger partial charge in [0.15, 0.2) is 0 Å². The van der Waals surface area contributed by atoms with Crippen molar-refractivity contribution >= 4 is 105 Å². The van der Waals surface area contributed by atoms with Crippen LogP contribution in [0.1, 0.15) is 80.8 Å². The number of benzene rings is 6. The van der Waals surface area contributed by atoms with E-state index in [1.165, 1.54) is 0 Å². The first kappa shape index (κ1) is 76.3. The Morgan fingerprint density at radius 1 is 0.433 bits per heavy atom. The molecule has 0 saturated carbocycles. The molecule has 0 fully saturated rings. The van der Waals surface area contributed by atoms with E-state index in [1.54, 1.807) is 185 Å². The number of carbonyl (C=O) groups excluding carboxylic acids is 10. The first-order chi connectivity index (χ1) is 46.3.